The molecule has 6 rings (SSSR count). The first-order valence-corrected chi connectivity index (χ1v) is 21.1. The SMILES string of the molecule is C=CCO[C@@]12Oc3ccc(OC(=O)NCC)cc3[C@H]3[C@H](CCCCO)[C@@H](CCCCO)C=C(C(=NOC4CCCCO4)C[C@@H]1N(C)C(=O)C=Cc1ccc([N+](=O)[O-])cc1)[C@H]32. The van der Waals surface area contributed by atoms with Crippen LogP contribution in [-0.4, -0.2) is 95.9 Å². The van der Waals surface area contributed by atoms with Crippen molar-refractivity contribution < 1.29 is 48.5 Å². The van der Waals surface area contributed by atoms with Gasteiger partial charge in [0.2, 0.25) is 18.0 Å². The molecule has 324 valence electrons. The van der Waals surface area contributed by atoms with Crippen molar-refractivity contribution in [3.63, 3.8) is 0 Å². The zero-order valence-electron chi connectivity index (χ0n) is 34.5. The van der Waals surface area contributed by atoms with E-state index in [1.165, 1.54) is 18.2 Å². The van der Waals surface area contributed by atoms with Crippen molar-refractivity contribution in [2.75, 3.05) is 40.0 Å². The summed E-state index contributed by atoms with van der Waals surface area (Å²) >= 11 is 0. The number of rotatable bonds is 19. The van der Waals surface area contributed by atoms with Crippen molar-refractivity contribution in [1.29, 1.82) is 0 Å². The lowest BCUT2D eigenvalue weighted by Gasteiger charge is -2.59. The Kier molecular flexibility index (Phi) is 15.5. The molecule has 7 atom stereocenters. The number of aliphatic hydroxyl groups excluding tert-OH is 2. The van der Waals surface area contributed by atoms with Gasteiger partial charge in [0.1, 0.15) is 17.5 Å². The second-order valence-corrected chi connectivity index (χ2v) is 15.7. The van der Waals surface area contributed by atoms with E-state index in [1.54, 1.807) is 48.4 Å². The predicted molar refractivity (Wildman–Crippen MR) is 224 cm³/mol. The fraction of sp³-hybridized carbons (Fsp3) is 0.533. The number of nitro benzene ring substituents is 1. The van der Waals surface area contributed by atoms with Gasteiger partial charge in [0.15, 0.2) is 0 Å². The van der Waals surface area contributed by atoms with E-state index in [9.17, 15) is 29.9 Å². The molecule has 2 aliphatic carbocycles. The third-order valence-electron chi connectivity index (χ3n) is 11.9. The van der Waals surface area contributed by atoms with E-state index in [0.29, 0.717) is 55.2 Å². The van der Waals surface area contributed by atoms with E-state index < -0.39 is 35.1 Å². The van der Waals surface area contributed by atoms with Crippen molar-refractivity contribution in [3.05, 3.63) is 94.1 Å². The topological polar surface area (TPSA) is 192 Å². The first-order valence-electron chi connectivity index (χ1n) is 21.1. The van der Waals surface area contributed by atoms with E-state index in [1.807, 2.05) is 13.0 Å². The smallest absolute Gasteiger partial charge is 0.412 e. The number of fused-ring (bicyclic) bond motifs is 2. The number of nitro groups is 1. The lowest BCUT2D eigenvalue weighted by Crippen LogP contribution is -2.69. The van der Waals surface area contributed by atoms with E-state index in [2.05, 4.69) is 18.0 Å². The van der Waals surface area contributed by atoms with Crippen LogP contribution in [0.3, 0.4) is 0 Å². The van der Waals surface area contributed by atoms with Crippen molar-refractivity contribution in [2.24, 2.45) is 22.9 Å². The highest BCUT2D eigenvalue weighted by Gasteiger charge is 2.65. The molecule has 0 radical (unpaired) electrons. The normalized spacial score (nSPS) is 26.3. The summed E-state index contributed by atoms with van der Waals surface area (Å²) in [5.41, 5.74) is 2.86. The van der Waals surface area contributed by atoms with Crippen LogP contribution in [0.25, 0.3) is 6.08 Å². The maximum absolute atomic E-state index is 14.3. The summed E-state index contributed by atoms with van der Waals surface area (Å²) < 4.78 is 25.7. The minimum atomic E-state index is -1.48. The summed E-state index contributed by atoms with van der Waals surface area (Å²) in [6, 6.07) is 10.5. The Bertz CT molecular complexity index is 1910. The lowest BCUT2D eigenvalue weighted by molar-refractivity contribution is -0.384. The molecule has 1 unspecified atom stereocenters. The fourth-order valence-corrected chi connectivity index (χ4v) is 9.14. The minimum Gasteiger partial charge on any atom is -0.459 e. The average molecular weight is 831 g/mol. The summed E-state index contributed by atoms with van der Waals surface area (Å²) in [6.45, 7) is 6.95. The third kappa shape index (κ3) is 10.1. The summed E-state index contributed by atoms with van der Waals surface area (Å²) in [5, 5.41) is 38.5. The zero-order chi connectivity index (χ0) is 42.6. The van der Waals surface area contributed by atoms with Crippen LogP contribution in [0.15, 0.2) is 78.0 Å². The van der Waals surface area contributed by atoms with E-state index in [4.69, 9.17) is 28.9 Å². The number of nitrogens with zero attached hydrogens (tertiary/aromatic N) is 3. The number of non-ortho nitro benzene ring substituents is 1. The van der Waals surface area contributed by atoms with Gasteiger partial charge in [0.25, 0.3) is 5.69 Å². The molecule has 3 N–H and O–H groups in total. The summed E-state index contributed by atoms with van der Waals surface area (Å²) in [4.78, 5) is 45.5. The highest BCUT2D eigenvalue weighted by molar-refractivity contribution is 6.03. The maximum atomic E-state index is 14.3. The van der Waals surface area contributed by atoms with Crippen LogP contribution in [-0.2, 0) is 19.1 Å². The number of carbonyl (C=O) groups is 2. The van der Waals surface area contributed by atoms with Crippen LogP contribution in [0.5, 0.6) is 11.5 Å². The molecule has 60 heavy (non-hydrogen) atoms. The van der Waals surface area contributed by atoms with Gasteiger partial charge in [-0.15, -0.1) is 6.58 Å². The van der Waals surface area contributed by atoms with Crippen LogP contribution in [0, 0.1) is 27.9 Å². The Labute approximate surface area is 351 Å². The number of hydrogen-bond acceptors (Lipinski definition) is 12. The molecule has 2 aliphatic heterocycles. The average Bonchev–Trinajstić information content (AvgIpc) is 3.25. The minimum absolute atomic E-state index is 0.0131. The Morgan fingerprint density at radius 3 is 2.55 bits per heavy atom. The molecule has 1 saturated heterocycles. The Morgan fingerprint density at radius 2 is 1.87 bits per heavy atom. The van der Waals surface area contributed by atoms with Crippen molar-refractivity contribution in [3.8, 4) is 11.5 Å². The van der Waals surface area contributed by atoms with Crippen LogP contribution in [0.1, 0.15) is 88.2 Å². The van der Waals surface area contributed by atoms with Crippen LogP contribution >= 0.6 is 0 Å². The van der Waals surface area contributed by atoms with Crippen molar-refractivity contribution in [1.82, 2.24) is 10.2 Å². The monoisotopic (exact) mass is 830 g/mol. The summed E-state index contributed by atoms with van der Waals surface area (Å²) in [6.07, 6.45) is 12.9. The number of oxime groups is 1. The van der Waals surface area contributed by atoms with Gasteiger partial charge in [0.05, 0.1) is 29.8 Å². The molecule has 0 aromatic heterocycles. The maximum Gasteiger partial charge on any atom is 0.412 e. The Hall–Kier alpha value is -5.09. The van der Waals surface area contributed by atoms with Gasteiger partial charge in [-0.05, 0) is 105 Å². The van der Waals surface area contributed by atoms with Gasteiger partial charge in [-0.2, -0.15) is 0 Å². The molecule has 15 nitrogen and oxygen atoms in total. The first-order chi connectivity index (χ1) is 29.1. The molecule has 0 bridgehead atoms. The molecule has 2 heterocycles. The van der Waals surface area contributed by atoms with E-state index in [-0.39, 0.29) is 55.6 Å². The molecular weight excluding hydrogens is 773 g/mol. The molecule has 2 amide bonds. The highest BCUT2D eigenvalue weighted by atomic mass is 16.8. The third-order valence-corrected chi connectivity index (χ3v) is 11.9. The number of nitrogens with one attached hydrogen (secondary N) is 1. The molecule has 0 spiro atoms. The number of benzene rings is 2. The quantitative estimate of drug-likeness (QED) is 0.0433. The molecule has 1 saturated carbocycles. The second-order valence-electron chi connectivity index (χ2n) is 15.7. The first kappa shape index (κ1) is 44.5. The van der Waals surface area contributed by atoms with E-state index >= 15 is 0 Å². The largest absolute Gasteiger partial charge is 0.459 e. The molecule has 4 aliphatic rings. The number of aliphatic hydroxyl groups is 2. The molecule has 2 aromatic rings. The molecular formula is C45H58N4O11. The van der Waals surface area contributed by atoms with E-state index in [0.717, 1.165) is 49.7 Å². The Balaban J connectivity index is 1.52. The number of likely N-dealkylation sites (N-methyl/N-ethyl adjacent to an activating group) is 1. The number of allylic oxidation sites excluding steroid dienone is 1. The van der Waals surface area contributed by atoms with Gasteiger partial charge >= 0.3 is 6.09 Å². The van der Waals surface area contributed by atoms with Crippen LogP contribution < -0.4 is 14.8 Å². The fourth-order valence-electron chi connectivity index (χ4n) is 9.14. The van der Waals surface area contributed by atoms with Gasteiger partial charge in [-0.25, -0.2) is 4.79 Å². The zero-order valence-corrected chi connectivity index (χ0v) is 34.5. The highest BCUT2D eigenvalue weighted by Crippen LogP contribution is 2.61. The number of carbonyl (C=O) groups excluding carboxylic acids is 2. The number of hydrogen-bond donors (Lipinski definition) is 3. The molecule has 2 aromatic carbocycles. The van der Waals surface area contributed by atoms with Crippen molar-refractivity contribution >= 4 is 29.5 Å². The summed E-state index contributed by atoms with van der Waals surface area (Å²) in [5.74, 6) is -1.86. The van der Waals surface area contributed by atoms with Gasteiger partial charge < -0.3 is 44.2 Å². The van der Waals surface area contributed by atoms with Crippen molar-refractivity contribution in [2.45, 2.75) is 95.2 Å². The van der Waals surface area contributed by atoms with Gasteiger partial charge in [-0.3, -0.25) is 14.9 Å². The number of ether oxygens (including phenoxy) is 4. The number of amides is 2. The van der Waals surface area contributed by atoms with Gasteiger partial charge in [0, 0.05) is 69.3 Å². The summed E-state index contributed by atoms with van der Waals surface area (Å²) in [7, 11) is 1.69. The standard InChI is InChI=1S/C45H58N4O11/c1-4-25-57-45-39(48(3)40(52)22-17-30-15-18-32(19-16-30)49(54)55)29-37(47-60-41-14-8-11-26-56-41)35-27-31(12-6-9-23-50)34(13-7-10-24-51)42(43(35)45)36-28-33(20-21-38(36)59-45)58-44(53)46-5-2/h4,15-22,27-28,31,34,39,41-43,50-51H,1,5-14,23-26,29H2,2-3H3,(H,46,53)/t31-,34+,39-,41?,42+,43+,45+/m0/s1. The predicted octanol–water partition coefficient (Wildman–Crippen LogP) is 7.04. The lowest BCUT2D eigenvalue weighted by atomic mass is 9.55. The molecule has 15 heteroatoms. The van der Waals surface area contributed by atoms with Crippen LogP contribution in [0.4, 0.5) is 10.5 Å². The number of unbranched alkanes of at least 4 members (excludes halogenated alkanes) is 2. The van der Waals surface area contributed by atoms with Crippen LogP contribution in [0.2, 0.25) is 0 Å². The molecule has 2 fully saturated rings. The second kappa shape index (κ2) is 20.9. The Morgan fingerprint density at radius 1 is 1.10 bits per heavy atom. The van der Waals surface area contributed by atoms with Gasteiger partial charge in [-0.1, -0.05) is 30.1 Å².